The Morgan fingerprint density at radius 2 is 1.89 bits per heavy atom. The van der Waals surface area contributed by atoms with E-state index in [4.69, 9.17) is 4.74 Å². The molecule has 1 fully saturated rings. The fourth-order valence-electron chi connectivity index (χ4n) is 3.62. The number of rotatable bonds is 7. The first kappa shape index (κ1) is 21.9. The summed E-state index contributed by atoms with van der Waals surface area (Å²) in [6, 6.07) is 8.28. The van der Waals surface area contributed by atoms with Crippen molar-refractivity contribution in [2.75, 3.05) is 13.2 Å². The number of ether oxygens (including phenoxy) is 1. The van der Waals surface area contributed by atoms with Gasteiger partial charge < -0.3 is 19.7 Å². The highest BCUT2D eigenvalue weighted by molar-refractivity contribution is 5.89. The predicted molar refractivity (Wildman–Crippen MR) is 108 cm³/mol. The maximum atomic E-state index is 13.4. The van der Waals surface area contributed by atoms with E-state index in [-0.39, 0.29) is 29.8 Å². The van der Waals surface area contributed by atoms with E-state index in [2.05, 4.69) is 5.32 Å². The highest BCUT2D eigenvalue weighted by Crippen LogP contribution is 2.34. The Kier molecular flexibility index (Phi) is 7.22. The van der Waals surface area contributed by atoms with Crippen molar-refractivity contribution in [2.45, 2.75) is 59.0 Å². The smallest absolute Gasteiger partial charge is 0.407 e. The van der Waals surface area contributed by atoms with Gasteiger partial charge in [0.2, 0.25) is 5.91 Å². The molecule has 2 rings (SSSR count). The minimum atomic E-state index is -0.807. The van der Waals surface area contributed by atoms with Gasteiger partial charge in [0.15, 0.2) is 0 Å². The number of alkyl carbamates (subject to hydrolysis) is 1. The van der Waals surface area contributed by atoms with Crippen molar-refractivity contribution in [3.05, 3.63) is 35.9 Å². The summed E-state index contributed by atoms with van der Waals surface area (Å²) < 4.78 is 5.24. The van der Waals surface area contributed by atoms with Gasteiger partial charge in [-0.1, -0.05) is 65.0 Å². The molecule has 0 radical (unpaired) electrons. The summed E-state index contributed by atoms with van der Waals surface area (Å²) in [7, 11) is 0. The number of benzene rings is 1. The molecule has 1 N–H and O–H groups in total. The summed E-state index contributed by atoms with van der Waals surface area (Å²) in [6.45, 7) is 10.6. The zero-order valence-corrected chi connectivity index (χ0v) is 17.5. The van der Waals surface area contributed by atoms with Crippen LogP contribution in [0.5, 0.6) is 0 Å². The van der Waals surface area contributed by atoms with Gasteiger partial charge in [-0.05, 0) is 23.3 Å². The second kappa shape index (κ2) is 9.22. The van der Waals surface area contributed by atoms with Crippen LogP contribution in [0.2, 0.25) is 0 Å². The molecule has 0 spiro atoms. The monoisotopic (exact) mass is 388 g/mol. The number of carbonyl (C=O) groups excluding carboxylic acids is 3. The Labute approximate surface area is 167 Å². The molecular formula is C22H32N2O4. The van der Waals surface area contributed by atoms with Gasteiger partial charge >= 0.3 is 6.09 Å². The summed E-state index contributed by atoms with van der Waals surface area (Å²) in [5.74, 6) is -0.317. The topological polar surface area (TPSA) is 75.7 Å². The van der Waals surface area contributed by atoms with Crippen molar-refractivity contribution in [3.63, 3.8) is 0 Å². The number of hydrogen-bond donors (Lipinski definition) is 1. The molecule has 6 heteroatoms. The van der Waals surface area contributed by atoms with Crippen molar-refractivity contribution >= 4 is 18.3 Å². The van der Waals surface area contributed by atoms with Crippen LogP contribution in [0.1, 0.15) is 52.5 Å². The van der Waals surface area contributed by atoms with Gasteiger partial charge in [0, 0.05) is 12.5 Å². The molecule has 154 valence electrons. The van der Waals surface area contributed by atoms with Gasteiger partial charge in [-0.2, -0.15) is 0 Å². The van der Waals surface area contributed by atoms with Crippen LogP contribution in [0.25, 0.3) is 0 Å². The normalized spacial score (nSPS) is 20.5. The Morgan fingerprint density at radius 3 is 2.46 bits per heavy atom. The largest absolute Gasteiger partial charge is 0.449 e. The molecular weight excluding hydrogens is 356 g/mol. The van der Waals surface area contributed by atoms with Crippen molar-refractivity contribution in [2.24, 2.45) is 11.3 Å². The molecule has 0 bridgehead atoms. The van der Waals surface area contributed by atoms with Crippen LogP contribution in [0.4, 0.5) is 4.79 Å². The predicted octanol–water partition coefficient (Wildman–Crippen LogP) is 3.37. The quantitative estimate of drug-likeness (QED) is 0.727. The summed E-state index contributed by atoms with van der Waals surface area (Å²) in [6.07, 6.45) is 0.830. The summed E-state index contributed by atoms with van der Waals surface area (Å²) in [4.78, 5) is 38.9. The maximum absolute atomic E-state index is 13.4. The molecule has 1 aliphatic rings. The van der Waals surface area contributed by atoms with Gasteiger partial charge in [-0.3, -0.25) is 4.79 Å². The van der Waals surface area contributed by atoms with E-state index in [1.165, 1.54) is 0 Å². The zero-order chi connectivity index (χ0) is 20.9. The number of hydrogen-bond acceptors (Lipinski definition) is 4. The molecule has 0 aliphatic carbocycles. The van der Waals surface area contributed by atoms with Crippen LogP contribution >= 0.6 is 0 Å². The minimum Gasteiger partial charge on any atom is -0.449 e. The SMILES string of the molecule is CC(C)COC(=O)N[C@H](C(=O)N1CC(C)(C)C[C@H]1C=O)C(C)c1ccccc1. The molecule has 1 aromatic rings. The lowest BCUT2D eigenvalue weighted by Gasteiger charge is -2.31. The molecule has 28 heavy (non-hydrogen) atoms. The van der Waals surface area contributed by atoms with Gasteiger partial charge in [-0.15, -0.1) is 0 Å². The minimum absolute atomic E-state index is 0.139. The van der Waals surface area contributed by atoms with E-state index in [1.54, 1.807) is 4.90 Å². The third kappa shape index (κ3) is 5.57. The molecule has 3 atom stereocenters. The maximum Gasteiger partial charge on any atom is 0.407 e. The van der Waals surface area contributed by atoms with Crippen LogP contribution in [0.15, 0.2) is 30.3 Å². The summed E-state index contributed by atoms with van der Waals surface area (Å²) in [5, 5.41) is 2.75. The first-order valence-electron chi connectivity index (χ1n) is 9.88. The second-order valence-electron chi connectivity index (χ2n) is 8.85. The first-order chi connectivity index (χ1) is 13.1. The Bertz CT molecular complexity index is 687. The summed E-state index contributed by atoms with van der Waals surface area (Å²) in [5.41, 5.74) is 0.797. The van der Waals surface area contributed by atoms with Gasteiger partial charge in [-0.25, -0.2) is 4.79 Å². The van der Waals surface area contributed by atoms with Gasteiger partial charge in [0.25, 0.3) is 0 Å². The number of aldehydes is 1. The highest BCUT2D eigenvalue weighted by atomic mass is 16.5. The average molecular weight is 389 g/mol. The Hall–Kier alpha value is -2.37. The van der Waals surface area contributed by atoms with E-state index in [9.17, 15) is 14.4 Å². The molecule has 2 amide bonds. The van der Waals surface area contributed by atoms with E-state index < -0.39 is 18.2 Å². The van der Waals surface area contributed by atoms with Crippen LogP contribution in [0.3, 0.4) is 0 Å². The number of carbonyl (C=O) groups is 3. The molecule has 1 heterocycles. The number of amides is 2. The van der Waals surface area contributed by atoms with Crippen LogP contribution in [0, 0.1) is 11.3 Å². The zero-order valence-electron chi connectivity index (χ0n) is 17.5. The van der Waals surface area contributed by atoms with Crippen molar-refractivity contribution in [1.82, 2.24) is 10.2 Å². The second-order valence-corrected chi connectivity index (χ2v) is 8.85. The van der Waals surface area contributed by atoms with E-state index >= 15 is 0 Å². The van der Waals surface area contributed by atoms with Crippen LogP contribution in [-0.2, 0) is 14.3 Å². The first-order valence-corrected chi connectivity index (χ1v) is 9.88. The third-order valence-electron chi connectivity index (χ3n) is 5.11. The lowest BCUT2D eigenvalue weighted by atomic mass is 9.91. The van der Waals surface area contributed by atoms with Crippen molar-refractivity contribution < 1.29 is 19.1 Å². The molecule has 1 aliphatic heterocycles. The summed E-state index contributed by atoms with van der Waals surface area (Å²) >= 11 is 0. The fraction of sp³-hybridized carbons (Fsp3) is 0.591. The van der Waals surface area contributed by atoms with Crippen molar-refractivity contribution in [1.29, 1.82) is 0 Å². The molecule has 1 aromatic carbocycles. The molecule has 0 saturated carbocycles. The van der Waals surface area contributed by atoms with Crippen LogP contribution in [-0.4, -0.2) is 48.4 Å². The fourth-order valence-corrected chi connectivity index (χ4v) is 3.62. The molecule has 0 aromatic heterocycles. The standard InChI is InChI=1S/C22H32N2O4/c1-15(2)13-28-21(27)23-19(16(3)17-9-7-6-8-10-17)20(26)24-14-22(4,5)11-18(24)12-25/h6-10,12,15-16,18-19H,11,13-14H2,1-5H3,(H,23,27)/t16?,18-,19-/m0/s1. The van der Waals surface area contributed by atoms with Gasteiger partial charge in [0.05, 0.1) is 12.6 Å². The van der Waals surface area contributed by atoms with E-state index in [0.717, 1.165) is 11.8 Å². The third-order valence-corrected chi connectivity index (χ3v) is 5.11. The lowest BCUT2D eigenvalue weighted by Crippen LogP contribution is -2.53. The highest BCUT2D eigenvalue weighted by Gasteiger charge is 2.43. The average Bonchev–Trinajstić information content (AvgIpc) is 2.98. The van der Waals surface area contributed by atoms with E-state index in [0.29, 0.717) is 13.0 Å². The Balaban J connectivity index is 2.25. The number of likely N-dealkylation sites (tertiary alicyclic amines) is 1. The number of nitrogens with one attached hydrogen (secondary N) is 1. The van der Waals surface area contributed by atoms with E-state index in [1.807, 2.05) is 65.0 Å². The molecule has 1 unspecified atom stereocenters. The van der Waals surface area contributed by atoms with Crippen molar-refractivity contribution in [3.8, 4) is 0 Å². The molecule has 1 saturated heterocycles. The number of nitrogens with zero attached hydrogens (tertiary/aromatic N) is 1. The lowest BCUT2D eigenvalue weighted by molar-refractivity contribution is -0.137. The van der Waals surface area contributed by atoms with Crippen LogP contribution < -0.4 is 5.32 Å². The van der Waals surface area contributed by atoms with Gasteiger partial charge in [0.1, 0.15) is 12.3 Å². The Morgan fingerprint density at radius 1 is 1.25 bits per heavy atom. The molecule has 6 nitrogen and oxygen atoms in total.